The van der Waals surface area contributed by atoms with Crippen molar-refractivity contribution in [3.8, 4) is 0 Å². The molecule has 5 rings (SSSR count). The van der Waals surface area contributed by atoms with Gasteiger partial charge in [0, 0.05) is 5.75 Å². The van der Waals surface area contributed by atoms with Gasteiger partial charge in [-0.25, -0.2) is 4.79 Å². The van der Waals surface area contributed by atoms with Gasteiger partial charge in [0.05, 0.1) is 23.5 Å². The van der Waals surface area contributed by atoms with E-state index in [-0.39, 0.29) is 12.2 Å². The molecule has 0 saturated carbocycles. The van der Waals surface area contributed by atoms with E-state index < -0.39 is 47.5 Å². The quantitative estimate of drug-likeness (QED) is 0.762. The average molecular weight is 406 g/mol. The number of hydrogen-bond acceptors (Lipinski definition) is 7. The summed E-state index contributed by atoms with van der Waals surface area (Å²) in [6.07, 6.45) is -2.66. The number of nitrogens with one attached hydrogen (secondary N) is 1. The van der Waals surface area contributed by atoms with Gasteiger partial charge >= 0.3 is 6.03 Å². The van der Waals surface area contributed by atoms with Crippen molar-refractivity contribution in [1.29, 1.82) is 0 Å². The summed E-state index contributed by atoms with van der Waals surface area (Å²) in [4.78, 5) is 27.0. The molecular formula is C19H22N2O6S. The normalized spacial score (nSPS) is 39.8. The predicted octanol–water partition coefficient (Wildman–Crippen LogP) is 1.21. The number of hydrogen-bond donors (Lipinski definition) is 2. The second-order valence-electron chi connectivity index (χ2n) is 7.94. The third-order valence-electron chi connectivity index (χ3n) is 5.66. The number of benzene rings is 1. The number of ether oxygens (including phenoxy) is 3. The number of amides is 3. The fourth-order valence-corrected chi connectivity index (χ4v) is 5.99. The fourth-order valence-electron chi connectivity index (χ4n) is 4.48. The molecule has 2 N–H and O–H groups in total. The van der Waals surface area contributed by atoms with E-state index in [2.05, 4.69) is 5.32 Å². The molecular weight excluding hydrogens is 384 g/mol. The van der Waals surface area contributed by atoms with Crippen molar-refractivity contribution in [3.63, 3.8) is 0 Å². The number of carbonyl (C=O) groups excluding carboxylic acids is 2. The maximum Gasteiger partial charge on any atom is 0.327 e. The number of thioether (sulfide) groups is 1. The minimum atomic E-state index is -1.04. The number of nitrogens with zero attached hydrogens (tertiary/aromatic N) is 1. The molecule has 1 aromatic rings. The van der Waals surface area contributed by atoms with Gasteiger partial charge in [-0.3, -0.25) is 15.0 Å². The second kappa shape index (κ2) is 6.43. The van der Waals surface area contributed by atoms with Crippen molar-refractivity contribution >= 4 is 23.7 Å². The number of fused-ring (bicyclic) bond motifs is 7. The first kappa shape index (κ1) is 18.4. The first-order chi connectivity index (χ1) is 13.4. The molecule has 4 saturated heterocycles. The van der Waals surface area contributed by atoms with Crippen LogP contribution in [0.15, 0.2) is 30.3 Å². The molecule has 0 radical (unpaired) electrons. The number of imide groups is 1. The van der Waals surface area contributed by atoms with E-state index >= 15 is 0 Å². The zero-order valence-electron chi connectivity index (χ0n) is 15.5. The zero-order chi connectivity index (χ0) is 19.6. The molecule has 0 aromatic heterocycles. The van der Waals surface area contributed by atoms with E-state index in [0.29, 0.717) is 11.3 Å². The van der Waals surface area contributed by atoms with Crippen LogP contribution in [0, 0.1) is 5.92 Å². The lowest BCUT2D eigenvalue weighted by Gasteiger charge is -2.44. The molecule has 3 amide bonds. The lowest BCUT2D eigenvalue weighted by molar-refractivity contribution is -0.200. The molecule has 4 aliphatic heterocycles. The highest BCUT2D eigenvalue weighted by Gasteiger charge is 2.62. The van der Waals surface area contributed by atoms with E-state index in [1.165, 1.54) is 16.7 Å². The van der Waals surface area contributed by atoms with Crippen LogP contribution in [0.5, 0.6) is 0 Å². The van der Waals surface area contributed by atoms with Gasteiger partial charge < -0.3 is 19.3 Å². The Labute approximate surface area is 166 Å². The second-order valence-corrected chi connectivity index (χ2v) is 9.09. The fraction of sp³-hybridized carbons (Fsp3) is 0.579. The first-order valence-electron chi connectivity index (χ1n) is 9.34. The van der Waals surface area contributed by atoms with Gasteiger partial charge in [-0.2, -0.15) is 0 Å². The van der Waals surface area contributed by atoms with E-state index in [9.17, 15) is 14.7 Å². The SMILES string of the molecule is CC1(C)O[C@@H]2[C@H](O1)[C@H]1CS[C@H]3C(C(O)c4ccccc4)C(=O)NC(=O)N3[C@@H]2O1. The molecule has 150 valence electrons. The third kappa shape index (κ3) is 2.76. The van der Waals surface area contributed by atoms with Crippen molar-refractivity contribution in [2.24, 2.45) is 5.92 Å². The van der Waals surface area contributed by atoms with E-state index in [0.717, 1.165) is 0 Å². The number of aliphatic hydroxyl groups excluding tert-OH is 1. The molecule has 1 aromatic carbocycles. The van der Waals surface area contributed by atoms with Crippen LogP contribution in [0.1, 0.15) is 25.5 Å². The number of carbonyl (C=O) groups is 2. The summed E-state index contributed by atoms with van der Waals surface area (Å²) in [5.41, 5.74) is 0.632. The van der Waals surface area contributed by atoms with Gasteiger partial charge in [0.25, 0.3) is 0 Å². The summed E-state index contributed by atoms with van der Waals surface area (Å²) in [5, 5.41) is 12.8. The maximum absolute atomic E-state index is 12.8. The largest absolute Gasteiger partial charge is 0.387 e. The van der Waals surface area contributed by atoms with Crippen molar-refractivity contribution in [2.45, 2.75) is 55.7 Å². The van der Waals surface area contributed by atoms with Crippen LogP contribution >= 0.6 is 11.8 Å². The molecule has 8 nitrogen and oxygen atoms in total. The highest BCUT2D eigenvalue weighted by molar-refractivity contribution is 8.00. The van der Waals surface area contributed by atoms with Gasteiger partial charge in [0.1, 0.15) is 12.2 Å². The van der Waals surface area contributed by atoms with Crippen LogP contribution < -0.4 is 5.32 Å². The van der Waals surface area contributed by atoms with Crippen molar-refractivity contribution in [2.75, 3.05) is 5.75 Å². The summed E-state index contributed by atoms with van der Waals surface area (Å²) >= 11 is 1.44. The standard InChI is InChI=1S/C19H22N2O6S/c1-19(2)26-13-10-8-28-17-11(12(22)9-6-4-3-5-7-9)15(23)20-18(24)21(17)16(25-10)14(13)27-19/h3-7,10-14,16-17,22H,8H2,1-2H3,(H,20,23,24)/t10-,11?,12?,13-,14-,16-,17+/m1/s1. The minimum Gasteiger partial charge on any atom is -0.387 e. The molecule has 0 spiro atoms. The average Bonchev–Trinajstić information content (AvgIpc) is 3.04. The Kier molecular flexibility index (Phi) is 4.22. The molecule has 2 bridgehead atoms. The molecule has 4 fully saturated rings. The monoisotopic (exact) mass is 406 g/mol. The highest BCUT2D eigenvalue weighted by atomic mass is 32.2. The maximum atomic E-state index is 12.8. The Morgan fingerprint density at radius 3 is 2.68 bits per heavy atom. The molecule has 4 heterocycles. The number of rotatable bonds is 2. The van der Waals surface area contributed by atoms with Crippen LogP contribution in [0.25, 0.3) is 0 Å². The topological polar surface area (TPSA) is 97.3 Å². The van der Waals surface area contributed by atoms with Crippen LogP contribution in [0.3, 0.4) is 0 Å². The van der Waals surface area contributed by atoms with Gasteiger partial charge in [0.2, 0.25) is 5.91 Å². The lowest BCUT2D eigenvalue weighted by Crippen LogP contribution is -2.64. The molecule has 28 heavy (non-hydrogen) atoms. The van der Waals surface area contributed by atoms with E-state index in [1.807, 2.05) is 32.0 Å². The molecule has 7 atom stereocenters. The van der Waals surface area contributed by atoms with Crippen molar-refractivity contribution < 1.29 is 28.9 Å². The smallest absolute Gasteiger partial charge is 0.327 e. The highest BCUT2D eigenvalue weighted by Crippen LogP contribution is 2.48. The van der Waals surface area contributed by atoms with Crippen LogP contribution in [-0.4, -0.2) is 63.4 Å². The summed E-state index contributed by atoms with van der Waals surface area (Å²) in [6, 6.07) is 8.48. The summed E-state index contributed by atoms with van der Waals surface area (Å²) in [6.45, 7) is 3.67. The summed E-state index contributed by atoms with van der Waals surface area (Å²) in [7, 11) is 0. The molecule has 9 heteroatoms. The Morgan fingerprint density at radius 2 is 1.93 bits per heavy atom. The lowest BCUT2D eigenvalue weighted by atomic mass is 9.92. The first-order valence-corrected chi connectivity index (χ1v) is 10.4. The summed E-state index contributed by atoms with van der Waals surface area (Å²) in [5.74, 6) is -1.52. The van der Waals surface area contributed by atoms with Crippen LogP contribution in [-0.2, 0) is 19.0 Å². The van der Waals surface area contributed by atoms with E-state index in [1.54, 1.807) is 12.1 Å². The minimum absolute atomic E-state index is 0.246. The Bertz CT molecular complexity index is 805. The van der Waals surface area contributed by atoms with Gasteiger partial charge in [-0.1, -0.05) is 30.3 Å². The predicted molar refractivity (Wildman–Crippen MR) is 99.0 cm³/mol. The Hall–Kier alpha value is -1.65. The van der Waals surface area contributed by atoms with Gasteiger partial charge in [-0.15, -0.1) is 11.8 Å². The third-order valence-corrected chi connectivity index (χ3v) is 7.04. The number of aliphatic hydroxyl groups is 1. The molecule has 2 unspecified atom stereocenters. The van der Waals surface area contributed by atoms with Crippen LogP contribution in [0.4, 0.5) is 4.79 Å². The molecule has 4 aliphatic rings. The van der Waals surface area contributed by atoms with Crippen molar-refractivity contribution in [3.05, 3.63) is 35.9 Å². The van der Waals surface area contributed by atoms with Gasteiger partial charge in [0.15, 0.2) is 12.0 Å². The summed E-state index contributed by atoms with van der Waals surface area (Å²) < 4.78 is 18.1. The molecule has 0 aliphatic carbocycles. The van der Waals surface area contributed by atoms with Crippen LogP contribution in [0.2, 0.25) is 0 Å². The Morgan fingerprint density at radius 1 is 1.21 bits per heavy atom. The zero-order valence-corrected chi connectivity index (χ0v) is 16.3. The van der Waals surface area contributed by atoms with Crippen molar-refractivity contribution in [1.82, 2.24) is 10.2 Å². The van der Waals surface area contributed by atoms with Gasteiger partial charge in [-0.05, 0) is 19.4 Å². The van der Waals surface area contributed by atoms with E-state index in [4.69, 9.17) is 14.2 Å². The Balaban J connectivity index is 1.49. The number of urea groups is 1.